The Hall–Kier alpha value is -1.48. The molecule has 0 bridgehead atoms. The quantitative estimate of drug-likeness (QED) is 0.801. The second kappa shape index (κ2) is 4.18. The van der Waals surface area contributed by atoms with Crippen molar-refractivity contribution >= 4 is 11.6 Å². The van der Waals surface area contributed by atoms with Crippen molar-refractivity contribution in [2.45, 2.75) is 13.8 Å². The van der Waals surface area contributed by atoms with Crippen molar-refractivity contribution in [3.63, 3.8) is 0 Å². The number of hydrogen-bond acceptors (Lipinski definition) is 2. The van der Waals surface area contributed by atoms with Crippen LogP contribution in [0, 0.1) is 13.8 Å². The van der Waals surface area contributed by atoms with Gasteiger partial charge in [-0.2, -0.15) is 5.10 Å². The molecule has 0 aliphatic rings. The van der Waals surface area contributed by atoms with Gasteiger partial charge in [0.2, 0.25) is 0 Å². The normalized spacial score (nSPS) is 10.5. The lowest BCUT2D eigenvalue weighted by molar-refractivity contribution is 0.414. The van der Waals surface area contributed by atoms with Crippen LogP contribution in [-0.4, -0.2) is 16.9 Å². The Morgan fingerprint density at radius 1 is 1.19 bits per heavy atom. The van der Waals surface area contributed by atoms with Crippen LogP contribution >= 0.6 is 11.6 Å². The van der Waals surface area contributed by atoms with Crippen molar-refractivity contribution in [2.24, 2.45) is 0 Å². The maximum Gasteiger partial charge on any atom is 0.119 e. The van der Waals surface area contributed by atoms with Crippen molar-refractivity contribution < 1.29 is 4.74 Å². The number of aromatic nitrogens is 2. The van der Waals surface area contributed by atoms with Gasteiger partial charge in [-0.3, -0.25) is 0 Å². The minimum absolute atomic E-state index is 0.718. The van der Waals surface area contributed by atoms with E-state index >= 15 is 0 Å². The average Bonchev–Trinajstić information content (AvgIpc) is 2.57. The van der Waals surface area contributed by atoms with Crippen LogP contribution in [0.3, 0.4) is 0 Å². The Morgan fingerprint density at radius 3 is 2.25 bits per heavy atom. The standard InChI is InChI=1S/C12H13ClN2O/c1-8-12(13)9(2)15(14-8)10-4-6-11(16-3)7-5-10/h4-7H,1-3H3. The molecule has 16 heavy (non-hydrogen) atoms. The average molecular weight is 237 g/mol. The second-order valence-corrected chi connectivity index (χ2v) is 3.97. The van der Waals surface area contributed by atoms with Crippen LogP contribution in [0.5, 0.6) is 5.75 Å². The van der Waals surface area contributed by atoms with E-state index in [4.69, 9.17) is 16.3 Å². The first-order valence-corrected chi connectivity index (χ1v) is 5.37. The summed E-state index contributed by atoms with van der Waals surface area (Å²) in [6.07, 6.45) is 0. The Kier molecular flexibility index (Phi) is 2.88. The van der Waals surface area contributed by atoms with E-state index in [9.17, 15) is 0 Å². The van der Waals surface area contributed by atoms with Crippen LogP contribution in [-0.2, 0) is 0 Å². The van der Waals surface area contributed by atoms with E-state index in [1.54, 1.807) is 7.11 Å². The fraction of sp³-hybridized carbons (Fsp3) is 0.250. The third-order valence-electron chi connectivity index (χ3n) is 2.52. The van der Waals surface area contributed by atoms with Gasteiger partial charge < -0.3 is 4.74 Å². The summed E-state index contributed by atoms with van der Waals surface area (Å²) < 4.78 is 6.94. The molecule has 1 heterocycles. The molecular formula is C12H13ClN2O. The summed E-state index contributed by atoms with van der Waals surface area (Å²) in [5.41, 5.74) is 2.77. The molecule has 84 valence electrons. The van der Waals surface area contributed by atoms with Crippen molar-refractivity contribution in [3.8, 4) is 11.4 Å². The molecule has 0 saturated carbocycles. The molecule has 0 aliphatic heterocycles. The van der Waals surface area contributed by atoms with Crippen LogP contribution in [0.15, 0.2) is 24.3 Å². The first kappa shape index (κ1) is 11.0. The Balaban J connectivity index is 2.46. The third-order valence-corrected chi connectivity index (χ3v) is 3.07. The lowest BCUT2D eigenvalue weighted by Crippen LogP contribution is -1.98. The number of rotatable bonds is 2. The summed E-state index contributed by atoms with van der Waals surface area (Å²) in [6.45, 7) is 3.85. The highest BCUT2D eigenvalue weighted by atomic mass is 35.5. The number of hydrogen-bond donors (Lipinski definition) is 0. The summed E-state index contributed by atoms with van der Waals surface area (Å²) in [5.74, 6) is 0.830. The van der Waals surface area contributed by atoms with Gasteiger partial charge in [-0.15, -0.1) is 0 Å². The number of methoxy groups -OCH3 is 1. The summed E-state index contributed by atoms with van der Waals surface area (Å²) >= 11 is 6.10. The minimum atomic E-state index is 0.718. The highest BCUT2D eigenvalue weighted by Crippen LogP contribution is 2.23. The monoisotopic (exact) mass is 236 g/mol. The van der Waals surface area contributed by atoms with Gasteiger partial charge in [0.25, 0.3) is 0 Å². The number of ether oxygens (including phenoxy) is 1. The molecule has 0 atom stereocenters. The van der Waals surface area contributed by atoms with Gasteiger partial charge in [-0.1, -0.05) is 11.6 Å². The maximum atomic E-state index is 6.10. The molecule has 0 fully saturated rings. The lowest BCUT2D eigenvalue weighted by Gasteiger charge is -2.05. The molecule has 0 N–H and O–H groups in total. The SMILES string of the molecule is COc1ccc(-n2nc(C)c(Cl)c2C)cc1. The largest absolute Gasteiger partial charge is 0.497 e. The molecule has 4 heteroatoms. The fourth-order valence-electron chi connectivity index (χ4n) is 1.60. The molecule has 1 aromatic carbocycles. The predicted octanol–water partition coefficient (Wildman–Crippen LogP) is 3.15. The molecule has 0 amide bonds. The zero-order chi connectivity index (χ0) is 11.7. The topological polar surface area (TPSA) is 27.1 Å². The Labute approximate surface area is 99.6 Å². The molecule has 3 nitrogen and oxygen atoms in total. The minimum Gasteiger partial charge on any atom is -0.497 e. The maximum absolute atomic E-state index is 6.10. The number of aryl methyl sites for hydroxylation is 1. The zero-order valence-electron chi connectivity index (χ0n) is 9.49. The first-order valence-electron chi connectivity index (χ1n) is 4.99. The van der Waals surface area contributed by atoms with Crippen LogP contribution in [0.1, 0.15) is 11.4 Å². The van der Waals surface area contributed by atoms with Gasteiger partial charge >= 0.3 is 0 Å². The van der Waals surface area contributed by atoms with Gasteiger partial charge in [0, 0.05) is 0 Å². The number of halogens is 1. The van der Waals surface area contributed by atoms with Gasteiger partial charge in [0.15, 0.2) is 0 Å². The van der Waals surface area contributed by atoms with E-state index < -0.39 is 0 Å². The molecule has 0 saturated heterocycles. The van der Waals surface area contributed by atoms with Crippen molar-refractivity contribution in [2.75, 3.05) is 7.11 Å². The van der Waals surface area contributed by atoms with Crippen molar-refractivity contribution in [1.82, 2.24) is 9.78 Å². The summed E-state index contributed by atoms with van der Waals surface area (Å²) in [4.78, 5) is 0. The molecule has 0 radical (unpaired) electrons. The molecule has 1 aromatic heterocycles. The fourth-order valence-corrected chi connectivity index (χ4v) is 1.72. The predicted molar refractivity (Wildman–Crippen MR) is 64.6 cm³/mol. The molecule has 2 rings (SSSR count). The van der Waals surface area contributed by atoms with Crippen LogP contribution < -0.4 is 4.74 Å². The molecule has 0 unspecified atom stereocenters. The Morgan fingerprint density at radius 2 is 1.81 bits per heavy atom. The van der Waals surface area contributed by atoms with E-state index in [0.29, 0.717) is 0 Å². The molecule has 0 spiro atoms. The number of nitrogens with zero attached hydrogens (tertiary/aromatic N) is 2. The smallest absolute Gasteiger partial charge is 0.119 e. The Bertz CT molecular complexity index is 502. The van der Waals surface area contributed by atoms with E-state index in [-0.39, 0.29) is 0 Å². The lowest BCUT2D eigenvalue weighted by atomic mass is 10.3. The molecule has 0 aliphatic carbocycles. The van der Waals surface area contributed by atoms with Gasteiger partial charge in [0.1, 0.15) is 5.75 Å². The molecular weight excluding hydrogens is 224 g/mol. The van der Waals surface area contributed by atoms with E-state index in [0.717, 1.165) is 27.8 Å². The first-order chi connectivity index (χ1) is 7.63. The van der Waals surface area contributed by atoms with Gasteiger partial charge in [-0.05, 0) is 38.1 Å². The van der Waals surface area contributed by atoms with Crippen LogP contribution in [0.2, 0.25) is 5.02 Å². The van der Waals surface area contributed by atoms with Crippen LogP contribution in [0.4, 0.5) is 0 Å². The highest BCUT2D eigenvalue weighted by molar-refractivity contribution is 6.31. The van der Waals surface area contributed by atoms with Crippen LogP contribution in [0.25, 0.3) is 5.69 Å². The molecule has 2 aromatic rings. The highest BCUT2D eigenvalue weighted by Gasteiger charge is 2.10. The number of benzene rings is 1. The van der Waals surface area contributed by atoms with Gasteiger partial charge in [0.05, 0.1) is 29.2 Å². The van der Waals surface area contributed by atoms with E-state index in [1.807, 2.05) is 42.8 Å². The summed E-state index contributed by atoms with van der Waals surface area (Å²) in [5, 5.41) is 5.10. The van der Waals surface area contributed by atoms with Gasteiger partial charge in [-0.25, -0.2) is 4.68 Å². The van der Waals surface area contributed by atoms with E-state index in [1.165, 1.54) is 0 Å². The summed E-state index contributed by atoms with van der Waals surface area (Å²) in [7, 11) is 1.65. The summed E-state index contributed by atoms with van der Waals surface area (Å²) in [6, 6.07) is 7.71. The third kappa shape index (κ3) is 1.78. The van der Waals surface area contributed by atoms with Crippen molar-refractivity contribution in [1.29, 1.82) is 0 Å². The van der Waals surface area contributed by atoms with Crippen molar-refractivity contribution in [3.05, 3.63) is 40.7 Å². The second-order valence-electron chi connectivity index (χ2n) is 3.59. The zero-order valence-corrected chi connectivity index (χ0v) is 10.2. The van der Waals surface area contributed by atoms with E-state index in [2.05, 4.69) is 5.10 Å².